The SMILES string of the molecule is CC1(C)CCC(C)(C)C1(C)C. The summed E-state index contributed by atoms with van der Waals surface area (Å²) in [5.74, 6) is 0. The molecule has 0 unspecified atom stereocenters. The predicted octanol–water partition coefficient (Wildman–Crippen LogP) is 3.86. The van der Waals surface area contributed by atoms with Crippen molar-refractivity contribution in [3.05, 3.63) is 0 Å². The highest BCUT2D eigenvalue weighted by Gasteiger charge is 2.52. The van der Waals surface area contributed by atoms with E-state index in [1.807, 2.05) is 0 Å². The first-order valence-electron chi connectivity index (χ1n) is 4.71. The second-order valence-electron chi connectivity index (χ2n) is 5.89. The van der Waals surface area contributed by atoms with Gasteiger partial charge < -0.3 is 0 Å². The first-order chi connectivity index (χ1) is 4.71. The maximum absolute atomic E-state index is 2.42. The van der Waals surface area contributed by atoms with Crippen LogP contribution in [0.2, 0.25) is 0 Å². The molecule has 0 atom stereocenters. The van der Waals surface area contributed by atoms with Gasteiger partial charge >= 0.3 is 0 Å². The van der Waals surface area contributed by atoms with Gasteiger partial charge in [0, 0.05) is 0 Å². The number of rotatable bonds is 0. The summed E-state index contributed by atoms with van der Waals surface area (Å²) in [6, 6.07) is 0. The highest BCUT2D eigenvalue weighted by Crippen LogP contribution is 2.61. The van der Waals surface area contributed by atoms with E-state index in [0.29, 0.717) is 16.2 Å². The normalized spacial score (nSPS) is 32.2. The number of hydrogen-bond donors (Lipinski definition) is 0. The Morgan fingerprint density at radius 1 is 0.636 bits per heavy atom. The molecule has 0 N–H and O–H groups in total. The third kappa shape index (κ3) is 1.02. The van der Waals surface area contributed by atoms with Gasteiger partial charge in [-0.25, -0.2) is 0 Å². The molecule has 0 amide bonds. The van der Waals surface area contributed by atoms with E-state index in [2.05, 4.69) is 41.5 Å². The second kappa shape index (κ2) is 2.02. The van der Waals surface area contributed by atoms with Crippen molar-refractivity contribution in [2.24, 2.45) is 16.2 Å². The summed E-state index contributed by atoms with van der Waals surface area (Å²) in [7, 11) is 0. The van der Waals surface area contributed by atoms with Crippen LogP contribution in [-0.2, 0) is 0 Å². The molecule has 0 nitrogen and oxygen atoms in total. The molecule has 0 aliphatic heterocycles. The van der Waals surface area contributed by atoms with Crippen molar-refractivity contribution >= 4 is 0 Å². The van der Waals surface area contributed by atoms with Crippen molar-refractivity contribution < 1.29 is 0 Å². The molecule has 1 aliphatic rings. The zero-order chi connectivity index (χ0) is 8.91. The van der Waals surface area contributed by atoms with Gasteiger partial charge in [-0.15, -0.1) is 0 Å². The van der Waals surface area contributed by atoms with Crippen LogP contribution < -0.4 is 0 Å². The molecule has 0 aromatic carbocycles. The monoisotopic (exact) mass is 154 g/mol. The second-order valence-corrected chi connectivity index (χ2v) is 5.89. The third-order valence-electron chi connectivity index (χ3n) is 4.76. The van der Waals surface area contributed by atoms with Gasteiger partial charge in [0.1, 0.15) is 0 Å². The van der Waals surface area contributed by atoms with E-state index in [0.717, 1.165) is 0 Å². The summed E-state index contributed by atoms with van der Waals surface area (Å²) in [5, 5.41) is 0. The van der Waals surface area contributed by atoms with Gasteiger partial charge in [0.15, 0.2) is 0 Å². The fourth-order valence-corrected chi connectivity index (χ4v) is 2.17. The molecule has 0 spiro atoms. The summed E-state index contributed by atoms with van der Waals surface area (Å²) in [6.45, 7) is 14.5. The van der Waals surface area contributed by atoms with E-state index in [4.69, 9.17) is 0 Å². The lowest BCUT2D eigenvalue weighted by Gasteiger charge is -2.44. The van der Waals surface area contributed by atoms with Crippen LogP contribution in [0.4, 0.5) is 0 Å². The van der Waals surface area contributed by atoms with Gasteiger partial charge in [-0.3, -0.25) is 0 Å². The molecule has 0 saturated heterocycles. The molecule has 0 radical (unpaired) electrons. The third-order valence-corrected chi connectivity index (χ3v) is 4.76. The largest absolute Gasteiger partial charge is 0.0594 e. The molecule has 0 bridgehead atoms. The molecule has 11 heavy (non-hydrogen) atoms. The maximum Gasteiger partial charge on any atom is -0.0252 e. The Balaban J connectivity index is 3.00. The van der Waals surface area contributed by atoms with E-state index in [9.17, 15) is 0 Å². The standard InChI is InChI=1S/C11H22/c1-9(2)7-8-10(3,4)11(9,5)6/h7-8H2,1-6H3. The van der Waals surface area contributed by atoms with Crippen molar-refractivity contribution in [2.45, 2.75) is 54.4 Å². The molecule has 1 rings (SSSR count). The summed E-state index contributed by atoms with van der Waals surface area (Å²) in [6.07, 6.45) is 2.76. The Kier molecular flexibility index (Phi) is 1.67. The Labute approximate surface area is 71.4 Å². The quantitative estimate of drug-likeness (QED) is 0.497. The molecule has 1 aliphatic carbocycles. The molecule has 66 valence electrons. The molecule has 0 aromatic heterocycles. The zero-order valence-corrected chi connectivity index (χ0v) is 8.91. The minimum atomic E-state index is 0.486. The Morgan fingerprint density at radius 2 is 0.909 bits per heavy atom. The Bertz CT molecular complexity index is 143. The molecule has 0 aromatic rings. The van der Waals surface area contributed by atoms with E-state index in [-0.39, 0.29) is 0 Å². The predicted molar refractivity (Wildman–Crippen MR) is 50.6 cm³/mol. The van der Waals surface area contributed by atoms with E-state index in [1.165, 1.54) is 12.8 Å². The van der Waals surface area contributed by atoms with Gasteiger partial charge in [-0.2, -0.15) is 0 Å². The molecule has 0 heteroatoms. The summed E-state index contributed by atoms with van der Waals surface area (Å²) in [5.41, 5.74) is 1.53. The van der Waals surface area contributed by atoms with Crippen LogP contribution in [0, 0.1) is 16.2 Å². The van der Waals surface area contributed by atoms with Crippen molar-refractivity contribution in [1.29, 1.82) is 0 Å². The lowest BCUT2D eigenvalue weighted by Crippen LogP contribution is -2.36. The number of hydrogen-bond acceptors (Lipinski definition) is 0. The Morgan fingerprint density at radius 3 is 1.00 bits per heavy atom. The van der Waals surface area contributed by atoms with Crippen LogP contribution in [-0.4, -0.2) is 0 Å². The van der Waals surface area contributed by atoms with Gasteiger partial charge in [-0.1, -0.05) is 41.5 Å². The summed E-state index contributed by atoms with van der Waals surface area (Å²) < 4.78 is 0. The smallest absolute Gasteiger partial charge is 0.0252 e. The molecule has 1 fully saturated rings. The zero-order valence-electron chi connectivity index (χ0n) is 8.91. The average molecular weight is 154 g/mol. The topological polar surface area (TPSA) is 0 Å². The van der Waals surface area contributed by atoms with Crippen molar-refractivity contribution in [3.8, 4) is 0 Å². The van der Waals surface area contributed by atoms with Gasteiger partial charge in [0.05, 0.1) is 0 Å². The van der Waals surface area contributed by atoms with E-state index in [1.54, 1.807) is 0 Å². The van der Waals surface area contributed by atoms with Crippen molar-refractivity contribution in [1.82, 2.24) is 0 Å². The lowest BCUT2D eigenvalue weighted by atomic mass is 9.61. The van der Waals surface area contributed by atoms with E-state index >= 15 is 0 Å². The van der Waals surface area contributed by atoms with Crippen LogP contribution in [0.15, 0.2) is 0 Å². The minimum Gasteiger partial charge on any atom is -0.0594 e. The Hall–Kier alpha value is 0. The first-order valence-corrected chi connectivity index (χ1v) is 4.71. The van der Waals surface area contributed by atoms with Gasteiger partial charge in [-0.05, 0) is 29.1 Å². The highest BCUT2D eigenvalue weighted by atomic mass is 14.6. The lowest BCUT2D eigenvalue weighted by molar-refractivity contribution is 0.0524. The van der Waals surface area contributed by atoms with Gasteiger partial charge in [0.2, 0.25) is 0 Å². The minimum absolute atomic E-state index is 0.486. The molecule has 1 saturated carbocycles. The summed E-state index contributed by atoms with van der Waals surface area (Å²) >= 11 is 0. The van der Waals surface area contributed by atoms with Crippen molar-refractivity contribution in [2.75, 3.05) is 0 Å². The van der Waals surface area contributed by atoms with Crippen LogP contribution in [0.25, 0.3) is 0 Å². The van der Waals surface area contributed by atoms with Crippen molar-refractivity contribution in [3.63, 3.8) is 0 Å². The van der Waals surface area contributed by atoms with Crippen LogP contribution in [0.3, 0.4) is 0 Å². The molecular weight excluding hydrogens is 132 g/mol. The first kappa shape index (κ1) is 9.09. The van der Waals surface area contributed by atoms with Crippen LogP contribution >= 0.6 is 0 Å². The van der Waals surface area contributed by atoms with Gasteiger partial charge in [0.25, 0.3) is 0 Å². The fraction of sp³-hybridized carbons (Fsp3) is 1.00. The molecular formula is C11H22. The summed E-state index contributed by atoms with van der Waals surface area (Å²) in [4.78, 5) is 0. The fourth-order valence-electron chi connectivity index (χ4n) is 2.17. The molecule has 0 heterocycles. The highest BCUT2D eigenvalue weighted by molar-refractivity contribution is 5.02. The average Bonchev–Trinajstić information content (AvgIpc) is 1.93. The van der Waals surface area contributed by atoms with Crippen LogP contribution in [0.1, 0.15) is 54.4 Å². The van der Waals surface area contributed by atoms with Crippen LogP contribution in [0.5, 0.6) is 0 Å². The van der Waals surface area contributed by atoms with E-state index < -0.39 is 0 Å². The maximum atomic E-state index is 2.42.